The van der Waals surface area contributed by atoms with Crippen LogP contribution >= 0.6 is 11.8 Å². The number of thioether (sulfide) groups is 1. The molecule has 0 atom stereocenters. The first-order valence-corrected chi connectivity index (χ1v) is 6.98. The van der Waals surface area contributed by atoms with Crippen molar-refractivity contribution in [2.24, 2.45) is 5.41 Å². The zero-order valence-corrected chi connectivity index (χ0v) is 10.2. The summed E-state index contributed by atoms with van der Waals surface area (Å²) >= 11 is 1.64. The first-order chi connectivity index (χ1) is 7.13. The van der Waals surface area contributed by atoms with Gasteiger partial charge >= 0.3 is 5.97 Å². The molecule has 3 heteroatoms. The van der Waals surface area contributed by atoms with Crippen LogP contribution in [0.25, 0.3) is 0 Å². The van der Waals surface area contributed by atoms with E-state index in [0.717, 1.165) is 18.6 Å². The molecular formula is C12H20O2S. The summed E-state index contributed by atoms with van der Waals surface area (Å²) in [5.41, 5.74) is 0.415. The lowest BCUT2D eigenvalue weighted by atomic mass is 9.55. The molecule has 2 fully saturated rings. The number of carbonyl (C=O) groups is 1. The van der Waals surface area contributed by atoms with Gasteiger partial charge in [0.2, 0.25) is 0 Å². The molecule has 0 unspecified atom stereocenters. The van der Waals surface area contributed by atoms with Gasteiger partial charge in [-0.2, -0.15) is 0 Å². The van der Waals surface area contributed by atoms with E-state index in [0.29, 0.717) is 5.41 Å². The minimum atomic E-state index is -0.578. The van der Waals surface area contributed by atoms with Gasteiger partial charge in [-0.1, -0.05) is 26.2 Å². The summed E-state index contributed by atoms with van der Waals surface area (Å²) in [4.78, 5) is 11.3. The van der Waals surface area contributed by atoms with Crippen LogP contribution in [0.3, 0.4) is 0 Å². The molecule has 0 aromatic rings. The summed E-state index contributed by atoms with van der Waals surface area (Å²) in [6, 6.07) is 0. The second-order valence-electron chi connectivity index (χ2n) is 5.15. The monoisotopic (exact) mass is 228 g/mol. The van der Waals surface area contributed by atoms with E-state index in [2.05, 4.69) is 6.92 Å². The van der Waals surface area contributed by atoms with E-state index in [1.807, 2.05) is 0 Å². The van der Waals surface area contributed by atoms with Crippen molar-refractivity contribution in [3.63, 3.8) is 0 Å². The molecular weight excluding hydrogens is 208 g/mol. The lowest BCUT2D eigenvalue weighted by Crippen LogP contribution is -2.55. The van der Waals surface area contributed by atoms with Crippen LogP contribution < -0.4 is 0 Å². The first-order valence-electron chi connectivity index (χ1n) is 6.00. The summed E-state index contributed by atoms with van der Waals surface area (Å²) in [6.45, 7) is 2.06. The van der Waals surface area contributed by atoms with Crippen LogP contribution in [0.2, 0.25) is 0 Å². The number of carboxylic acids is 1. The van der Waals surface area contributed by atoms with E-state index >= 15 is 0 Å². The molecule has 2 nitrogen and oxygen atoms in total. The summed E-state index contributed by atoms with van der Waals surface area (Å²) in [5, 5.41) is 9.31. The maximum atomic E-state index is 11.3. The topological polar surface area (TPSA) is 37.3 Å². The van der Waals surface area contributed by atoms with Crippen LogP contribution in [-0.2, 0) is 4.79 Å². The lowest BCUT2D eigenvalue weighted by molar-refractivity contribution is -0.147. The predicted octanol–water partition coefficient (Wildman–Crippen LogP) is 3.31. The SMILES string of the molecule is CCSC1(C(=O)O)CC2(CCCCC2)C1. The average molecular weight is 228 g/mol. The third kappa shape index (κ3) is 1.91. The Bertz CT molecular complexity index is 248. The van der Waals surface area contributed by atoms with Crippen molar-refractivity contribution >= 4 is 17.7 Å². The Kier molecular flexibility index (Phi) is 3.02. The van der Waals surface area contributed by atoms with Crippen molar-refractivity contribution in [3.05, 3.63) is 0 Å². The third-order valence-corrected chi connectivity index (χ3v) is 5.35. The van der Waals surface area contributed by atoms with Crippen LogP contribution in [0.5, 0.6) is 0 Å². The third-order valence-electron chi connectivity index (χ3n) is 4.05. The van der Waals surface area contributed by atoms with Crippen LogP contribution in [0.4, 0.5) is 0 Å². The molecule has 15 heavy (non-hydrogen) atoms. The number of hydrogen-bond acceptors (Lipinski definition) is 2. The number of hydrogen-bond donors (Lipinski definition) is 1. The molecule has 1 spiro atoms. The highest BCUT2D eigenvalue weighted by molar-refractivity contribution is 8.01. The van der Waals surface area contributed by atoms with E-state index in [4.69, 9.17) is 0 Å². The van der Waals surface area contributed by atoms with Gasteiger partial charge in [0.1, 0.15) is 4.75 Å². The summed E-state index contributed by atoms with van der Waals surface area (Å²) in [7, 11) is 0. The fourth-order valence-electron chi connectivity index (χ4n) is 3.41. The van der Waals surface area contributed by atoms with Crippen LogP contribution in [0.15, 0.2) is 0 Å². The molecule has 0 amide bonds. The highest BCUT2D eigenvalue weighted by Crippen LogP contribution is 2.61. The van der Waals surface area contributed by atoms with Gasteiger partial charge < -0.3 is 5.11 Å². The van der Waals surface area contributed by atoms with E-state index in [1.54, 1.807) is 11.8 Å². The standard InChI is InChI=1S/C12H20O2S/c1-2-15-12(10(13)14)8-11(9-12)6-4-3-5-7-11/h2-9H2,1H3,(H,13,14). The van der Waals surface area contributed by atoms with Crippen molar-refractivity contribution in [3.8, 4) is 0 Å². The van der Waals surface area contributed by atoms with Gasteiger partial charge in [-0.3, -0.25) is 4.79 Å². The lowest BCUT2D eigenvalue weighted by Gasteiger charge is -2.55. The predicted molar refractivity (Wildman–Crippen MR) is 63.3 cm³/mol. The zero-order valence-electron chi connectivity index (χ0n) is 9.42. The Morgan fingerprint density at radius 1 is 1.27 bits per heavy atom. The highest BCUT2D eigenvalue weighted by Gasteiger charge is 2.58. The van der Waals surface area contributed by atoms with Crippen LogP contribution in [-0.4, -0.2) is 21.6 Å². The summed E-state index contributed by atoms with van der Waals surface area (Å²) in [5.74, 6) is 0.341. The van der Waals surface area contributed by atoms with Crippen molar-refractivity contribution in [2.75, 3.05) is 5.75 Å². The molecule has 86 valence electrons. The smallest absolute Gasteiger partial charge is 0.319 e. The van der Waals surface area contributed by atoms with Crippen molar-refractivity contribution in [2.45, 2.75) is 56.6 Å². The van der Waals surface area contributed by atoms with Crippen molar-refractivity contribution in [1.29, 1.82) is 0 Å². The van der Waals surface area contributed by atoms with E-state index in [9.17, 15) is 9.90 Å². The summed E-state index contributed by atoms with van der Waals surface area (Å²) in [6.07, 6.45) is 8.36. The first kappa shape index (κ1) is 11.3. The van der Waals surface area contributed by atoms with Gasteiger partial charge in [-0.25, -0.2) is 0 Å². The Morgan fingerprint density at radius 3 is 2.33 bits per heavy atom. The molecule has 0 aliphatic heterocycles. The largest absolute Gasteiger partial charge is 0.480 e. The molecule has 0 heterocycles. The van der Waals surface area contributed by atoms with Gasteiger partial charge in [-0.15, -0.1) is 11.8 Å². The Morgan fingerprint density at radius 2 is 1.87 bits per heavy atom. The quantitative estimate of drug-likeness (QED) is 0.805. The number of rotatable bonds is 3. The molecule has 2 aliphatic rings. The Balaban J connectivity index is 2.00. The second kappa shape index (κ2) is 4.00. The Labute approximate surface area is 95.8 Å². The molecule has 0 bridgehead atoms. The van der Waals surface area contributed by atoms with Gasteiger partial charge in [0.15, 0.2) is 0 Å². The second-order valence-corrected chi connectivity index (χ2v) is 6.79. The van der Waals surface area contributed by atoms with Gasteiger partial charge in [-0.05, 0) is 36.9 Å². The molecule has 0 aromatic heterocycles. The van der Waals surface area contributed by atoms with Crippen LogP contribution in [0, 0.1) is 5.41 Å². The number of carboxylic acid groups (broad SMARTS) is 1. The molecule has 2 rings (SSSR count). The Hall–Kier alpha value is -0.180. The van der Waals surface area contributed by atoms with E-state index < -0.39 is 10.7 Å². The molecule has 0 saturated heterocycles. The van der Waals surface area contributed by atoms with E-state index in [-0.39, 0.29) is 0 Å². The zero-order chi connectivity index (χ0) is 10.9. The molecule has 2 aliphatic carbocycles. The number of aliphatic carboxylic acids is 1. The van der Waals surface area contributed by atoms with Gasteiger partial charge in [0.25, 0.3) is 0 Å². The summed E-state index contributed by atoms with van der Waals surface area (Å²) < 4.78 is -0.425. The van der Waals surface area contributed by atoms with Gasteiger partial charge in [0.05, 0.1) is 0 Å². The van der Waals surface area contributed by atoms with Crippen LogP contribution in [0.1, 0.15) is 51.9 Å². The van der Waals surface area contributed by atoms with Crippen molar-refractivity contribution in [1.82, 2.24) is 0 Å². The molecule has 1 N–H and O–H groups in total. The van der Waals surface area contributed by atoms with E-state index in [1.165, 1.54) is 32.1 Å². The fourth-order valence-corrected chi connectivity index (χ4v) is 4.90. The molecule has 0 radical (unpaired) electrons. The van der Waals surface area contributed by atoms with Gasteiger partial charge in [0, 0.05) is 0 Å². The minimum Gasteiger partial charge on any atom is -0.480 e. The fraction of sp³-hybridized carbons (Fsp3) is 0.917. The maximum Gasteiger partial charge on any atom is 0.319 e. The average Bonchev–Trinajstić information content (AvgIpc) is 2.16. The molecule has 0 aromatic carbocycles. The maximum absolute atomic E-state index is 11.3. The normalized spacial score (nSPS) is 27.3. The highest BCUT2D eigenvalue weighted by atomic mass is 32.2. The molecule has 2 saturated carbocycles. The van der Waals surface area contributed by atoms with Crippen molar-refractivity contribution < 1.29 is 9.90 Å². The minimum absolute atomic E-state index is 0.415.